The monoisotopic (exact) mass is 512 g/mol. The second-order valence-corrected chi connectivity index (χ2v) is 10.0. The fourth-order valence-corrected chi connectivity index (χ4v) is 4.44. The number of ether oxygens (including phenoxy) is 1. The maximum absolute atomic E-state index is 12.4. The van der Waals surface area contributed by atoms with Gasteiger partial charge in [0.2, 0.25) is 5.91 Å². The predicted octanol–water partition coefficient (Wildman–Crippen LogP) is 5.34. The van der Waals surface area contributed by atoms with Gasteiger partial charge in [0, 0.05) is 38.1 Å². The van der Waals surface area contributed by atoms with E-state index in [1.54, 1.807) is 0 Å². The molecule has 2 N–H and O–H groups in total. The Morgan fingerprint density at radius 1 is 1.19 bits per heavy atom. The molecule has 1 aromatic heterocycles. The van der Waals surface area contributed by atoms with Gasteiger partial charge in [0.15, 0.2) is 5.82 Å². The molecule has 8 nitrogen and oxygen atoms in total. The number of anilines is 1. The number of nitrogens with zero attached hydrogens (tertiary/aromatic N) is 3. The molecule has 0 spiro atoms. The molecule has 0 aliphatic heterocycles. The van der Waals surface area contributed by atoms with E-state index in [-0.39, 0.29) is 24.3 Å². The topological polar surface area (TPSA) is 101 Å². The largest absolute Gasteiger partial charge is 0.494 e. The van der Waals surface area contributed by atoms with Gasteiger partial charge < -0.3 is 24.6 Å². The molecule has 0 fully saturated rings. The summed E-state index contributed by atoms with van der Waals surface area (Å²) in [5.74, 6) is 2.10. The number of hydrogen-bond acceptors (Lipinski definition) is 7. The number of hydrogen-bond donors (Lipinski definition) is 2. The Balaban J connectivity index is 1.35. The number of unbranched alkanes of at least 4 members (excludes halogenated alkanes) is 3. The van der Waals surface area contributed by atoms with Crippen LogP contribution in [0.15, 0.2) is 34.9 Å². The molecular formula is C29H44N4O4. The predicted molar refractivity (Wildman–Crippen MR) is 147 cm³/mol. The van der Waals surface area contributed by atoms with E-state index < -0.39 is 0 Å². The van der Waals surface area contributed by atoms with Gasteiger partial charge >= 0.3 is 6.01 Å². The molecule has 3 rings (SSSR count). The highest BCUT2D eigenvalue weighted by Gasteiger charge is 2.21. The molecule has 1 aromatic carbocycles. The molecule has 1 unspecified atom stereocenters. The van der Waals surface area contributed by atoms with E-state index in [1.165, 1.54) is 11.1 Å². The van der Waals surface area contributed by atoms with Crippen molar-refractivity contribution < 1.29 is 19.2 Å². The van der Waals surface area contributed by atoms with Gasteiger partial charge in [0.1, 0.15) is 5.75 Å². The van der Waals surface area contributed by atoms with E-state index in [0.717, 1.165) is 76.0 Å². The Morgan fingerprint density at radius 3 is 2.65 bits per heavy atom. The Bertz CT molecular complexity index is 971. The first-order valence-electron chi connectivity index (χ1n) is 13.9. The average molecular weight is 513 g/mol. The van der Waals surface area contributed by atoms with E-state index in [4.69, 9.17) is 14.4 Å². The van der Waals surface area contributed by atoms with E-state index in [2.05, 4.69) is 59.3 Å². The van der Waals surface area contributed by atoms with E-state index in [0.29, 0.717) is 19.2 Å². The van der Waals surface area contributed by atoms with Crippen molar-refractivity contribution in [2.75, 3.05) is 37.7 Å². The second-order valence-electron chi connectivity index (χ2n) is 10.0. The summed E-state index contributed by atoms with van der Waals surface area (Å²) in [6.45, 7) is 9.48. The molecule has 204 valence electrons. The Labute approximate surface area is 221 Å². The number of carbonyl (C=O) groups excluding carboxylic acids is 1. The minimum Gasteiger partial charge on any atom is -0.494 e. The Kier molecular flexibility index (Phi) is 11.9. The molecule has 0 radical (unpaired) electrons. The lowest BCUT2D eigenvalue weighted by atomic mass is 9.86. The summed E-state index contributed by atoms with van der Waals surface area (Å²) in [6.07, 6.45) is 9.38. The van der Waals surface area contributed by atoms with Crippen LogP contribution >= 0.6 is 0 Å². The summed E-state index contributed by atoms with van der Waals surface area (Å²) in [7, 11) is 0. The highest BCUT2D eigenvalue weighted by atomic mass is 16.5. The lowest BCUT2D eigenvalue weighted by Crippen LogP contribution is -2.32. The highest BCUT2D eigenvalue weighted by Crippen LogP contribution is 2.31. The molecule has 1 aliphatic carbocycles. The maximum atomic E-state index is 12.4. The van der Waals surface area contributed by atoms with E-state index in [9.17, 15) is 4.79 Å². The van der Waals surface area contributed by atoms with Crippen molar-refractivity contribution in [2.45, 2.75) is 78.1 Å². The third kappa shape index (κ3) is 9.18. The first-order valence-corrected chi connectivity index (χ1v) is 13.9. The average Bonchev–Trinajstić information content (AvgIpc) is 3.41. The smallest absolute Gasteiger partial charge is 0.324 e. The third-order valence-corrected chi connectivity index (χ3v) is 6.83. The molecule has 37 heavy (non-hydrogen) atoms. The van der Waals surface area contributed by atoms with Crippen LogP contribution in [0.25, 0.3) is 5.57 Å². The van der Waals surface area contributed by atoms with Gasteiger partial charge in [0.25, 0.3) is 0 Å². The molecule has 0 saturated carbocycles. The van der Waals surface area contributed by atoms with Crippen LogP contribution in [-0.4, -0.2) is 54.0 Å². The van der Waals surface area contributed by atoms with Crippen molar-refractivity contribution in [3.05, 3.63) is 41.7 Å². The summed E-state index contributed by atoms with van der Waals surface area (Å²) >= 11 is 0. The van der Waals surface area contributed by atoms with Crippen LogP contribution in [0, 0.1) is 5.92 Å². The van der Waals surface area contributed by atoms with Gasteiger partial charge in [-0.2, -0.15) is 4.98 Å². The number of allylic oxidation sites excluding steroid dienone is 2. The third-order valence-electron chi connectivity index (χ3n) is 6.83. The van der Waals surface area contributed by atoms with Crippen molar-refractivity contribution in [1.29, 1.82) is 0 Å². The van der Waals surface area contributed by atoms with Gasteiger partial charge in [-0.3, -0.25) is 4.79 Å². The van der Waals surface area contributed by atoms with Crippen molar-refractivity contribution in [2.24, 2.45) is 5.92 Å². The van der Waals surface area contributed by atoms with Gasteiger partial charge in [-0.1, -0.05) is 37.2 Å². The zero-order chi connectivity index (χ0) is 26.5. The van der Waals surface area contributed by atoms with Crippen LogP contribution in [0.5, 0.6) is 5.75 Å². The Hall–Kier alpha value is -2.87. The van der Waals surface area contributed by atoms with Gasteiger partial charge in [-0.05, 0) is 81.6 Å². The zero-order valence-corrected chi connectivity index (χ0v) is 22.7. The van der Waals surface area contributed by atoms with Crippen molar-refractivity contribution in [1.82, 2.24) is 15.5 Å². The summed E-state index contributed by atoms with van der Waals surface area (Å²) in [5, 5.41) is 15.9. The summed E-state index contributed by atoms with van der Waals surface area (Å²) < 4.78 is 11.4. The van der Waals surface area contributed by atoms with Crippen LogP contribution in [0.3, 0.4) is 0 Å². The molecule has 0 bridgehead atoms. The number of amides is 1. The number of rotatable bonds is 16. The van der Waals surface area contributed by atoms with Crippen molar-refractivity contribution >= 4 is 17.5 Å². The van der Waals surface area contributed by atoms with Crippen molar-refractivity contribution in [3.8, 4) is 5.75 Å². The number of benzene rings is 1. The first kappa shape index (κ1) is 28.7. The number of aromatic nitrogens is 2. The van der Waals surface area contributed by atoms with Crippen LogP contribution in [0.2, 0.25) is 0 Å². The van der Waals surface area contributed by atoms with Crippen LogP contribution in [0.1, 0.15) is 89.4 Å². The van der Waals surface area contributed by atoms with Gasteiger partial charge in [0.05, 0.1) is 6.61 Å². The molecule has 1 atom stereocenters. The summed E-state index contributed by atoms with van der Waals surface area (Å²) in [6, 6.07) is 8.89. The van der Waals surface area contributed by atoms with Gasteiger partial charge in [-0.15, -0.1) is 0 Å². The number of aliphatic hydroxyl groups excluding tert-OH is 1. The maximum Gasteiger partial charge on any atom is 0.324 e. The highest BCUT2D eigenvalue weighted by molar-refractivity contribution is 5.80. The zero-order valence-electron chi connectivity index (χ0n) is 22.7. The Morgan fingerprint density at radius 2 is 2.00 bits per heavy atom. The second kappa shape index (κ2) is 15.4. The minimum atomic E-state index is 0.0601. The van der Waals surface area contributed by atoms with Crippen LogP contribution in [-0.2, 0) is 4.79 Å². The van der Waals surface area contributed by atoms with Gasteiger partial charge in [-0.25, -0.2) is 0 Å². The lowest BCUT2D eigenvalue weighted by Gasteiger charge is -2.22. The quantitative estimate of drug-likeness (QED) is 0.293. The van der Waals surface area contributed by atoms with Crippen LogP contribution < -0.4 is 15.0 Å². The molecular weight excluding hydrogens is 468 g/mol. The summed E-state index contributed by atoms with van der Waals surface area (Å²) in [5.41, 5.74) is 2.51. The molecule has 1 aliphatic rings. The normalized spacial score (nSPS) is 15.5. The fraction of sp³-hybridized carbons (Fsp3) is 0.621. The van der Waals surface area contributed by atoms with E-state index >= 15 is 0 Å². The first-order chi connectivity index (χ1) is 18.0. The molecule has 2 aromatic rings. The van der Waals surface area contributed by atoms with Crippen LogP contribution in [0.4, 0.5) is 6.01 Å². The standard InChI is InChI=1S/C29H44N4O4/c1-4-33(29-31-27(22(2)3)32-37-29)19-7-9-21-36-26-16-14-24(15-17-26)23-10-12-25(13-11-23)28(35)30-18-6-5-8-20-34/h10,14-17,22,25,34H,4-9,11-13,18-21H2,1-3H3,(H,30,35). The fourth-order valence-electron chi connectivity index (χ4n) is 4.44. The van der Waals surface area contributed by atoms with Crippen molar-refractivity contribution in [3.63, 3.8) is 0 Å². The lowest BCUT2D eigenvalue weighted by molar-refractivity contribution is -0.125. The number of aliphatic hydroxyl groups is 1. The molecule has 1 amide bonds. The summed E-state index contributed by atoms with van der Waals surface area (Å²) in [4.78, 5) is 19.0. The minimum absolute atomic E-state index is 0.0601. The number of carbonyl (C=O) groups is 1. The molecule has 1 heterocycles. The molecule has 8 heteroatoms. The molecule has 0 saturated heterocycles. The number of nitrogens with one attached hydrogen (secondary N) is 1. The van der Waals surface area contributed by atoms with E-state index in [1.807, 2.05) is 12.1 Å². The SMILES string of the molecule is CCN(CCCCOc1ccc(C2=CCC(C(=O)NCCCCCO)CC2)cc1)c1nc(C(C)C)no1.